The molecule has 0 bridgehead atoms. The summed E-state index contributed by atoms with van der Waals surface area (Å²) in [6, 6.07) is 4.88. The lowest BCUT2D eigenvalue weighted by atomic mass is 9.85. The van der Waals surface area contributed by atoms with Crippen LogP contribution in [0.25, 0.3) is 10.9 Å². The number of amides is 13. The largest absolute Gasteiger partial charge is 0.447 e. The zero-order valence-corrected chi connectivity index (χ0v) is 77.9. The van der Waals surface area contributed by atoms with Gasteiger partial charge >= 0.3 is 6.09 Å². The highest BCUT2D eigenvalue weighted by Crippen LogP contribution is 2.50. The van der Waals surface area contributed by atoms with Gasteiger partial charge in [0.05, 0.1) is 38.8 Å². The van der Waals surface area contributed by atoms with Gasteiger partial charge in [-0.15, -0.1) is 0 Å². The van der Waals surface area contributed by atoms with E-state index in [1.807, 2.05) is 32.2 Å². The van der Waals surface area contributed by atoms with Crippen LogP contribution < -0.4 is 102 Å². The maximum absolute atomic E-state index is 14.9. The van der Waals surface area contributed by atoms with Crippen molar-refractivity contribution in [3.05, 3.63) is 95.8 Å². The first-order valence-electron chi connectivity index (χ1n) is 43.9. The molecule has 3 heterocycles. The van der Waals surface area contributed by atoms with Crippen molar-refractivity contribution in [2.24, 2.45) is 47.0 Å². The molecule has 0 radical (unpaired) electrons. The van der Waals surface area contributed by atoms with E-state index < -0.39 is 177 Å². The molecule has 41 nitrogen and oxygen atoms in total. The summed E-state index contributed by atoms with van der Waals surface area (Å²) < 4.78 is 32.9. The topological polar surface area (TPSA) is 630 Å². The molecule has 130 heavy (non-hydrogen) atoms. The third-order valence-electron chi connectivity index (χ3n) is 22.2. The van der Waals surface area contributed by atoms with Gasteiger partial charge in [0.1, 0.15) is 72.8 Å². The number of nitrogens with one attached hydrogen (secondary N) is 12. The van der Waals surface area contributed by atoms with Crippen LogP contribution >= 0.6 is 21.6 Å². The van der Waals surface area contributed by atoms with Crippen molar-refractivity contribution < 1.29 is 85.7 Å². The second-order valence-electron chi connectivity index (χ2n) is 33.6. The second kappa shape index (κ2) is 51.8. The van der Waals surface area contributed by atoms with Crippen LogP contribution in [0.15, 0.2) is 83.9 Å². The molecule has 2 aliphatic rings. The van der Waals surface area contributed by atoms with Crippen LogP contribution in [0.2, 0.25) is 0 Å². The number of ether oxygens (including phenoxy) is 1. The Kier molecular flexibility index (Phi) is 42.3. The number of aliphatic hydroxyl groups is 2. The van der Waals surface area contributed by atoms with E-state index >= 15 is 0 Å². The molecule has 7 rings (SSSR count). The molecule has 5 aromatic rings. The molecule has 24 N–H and O–H groups in total. The van der Waals surface area contributed by atoms with Gasteiger partial charge in [0.2, 0.25) is 86.9 Å². The van der Waals surface area contributed by atoms with Crippen LogP contribution in [0.1, 0.15) is 161 Å². The molecule has 1 unspecified atom stereocenters. The molecule has 1 aliphatic heterocycles. The molecule has 13 amide bonds. The highest BCUT2D eigenvalue weighted by atomic mass is 33.1. The highest BCUT2D eigenvalue weighted by molar-refractivity contribution is 8.77. The number of aliphatic hydroxyl groups excluding tert-OH is 2. The van der Waals surface area contributed by atoms with Gasteiger partial charge < -0.3 is 107 Å². The Labute approximate surface area is 765 Å². The van der Waals surface area contributed by atoms with Gasteiger partial charge in [-0.2, -0.15) is 10.1 Å². The van der Waals surface area contributed by atoms with Crippen LogP contribution in [0.4, 0.5) is 27.9 Å². The third kappa shape index (κ3) is 32.4. The summed E-state index contributed by atoms with van der Waals surface area (Å²) in [4.78, 5) is 199. The van der Waals surface area contributed by atoms with E-state index in [1.54, 1.807) is 73.8 Å². The van der Waals surface area contributed by atoms with E-state index in [2.05, 4.69) is 87.7 Å². The lowest BCUT2D eigenvalue weighted by Crippen LogP contribution is -2.62. The summed E-state index contributed by atoms with van der Waals surface area (Å²) in [5.41, 5.74) is 27.5. The lowest BCUT2D eigenvalue weighted by Gasteiger charge is -2.40. The van der Waals surface area contributed by atoms with E-state index in [0.717, 1.165) is 46.3 Å². The Morgan fingerprint density at radius 3 is 1.84 bits per heavy atom. The smallest absolute Gasteiger partial charge is 0.421 e. The van der Waals surface area contributed by atoms with Crippen molar-refractivity contribution in [2.45, 2.75) is 247 Å². The summed E-state index contributed by atoms with van der Waals surface area (Å²) >= 11 is 0. The Morgan fingerprint density at radius 1 is 0.654 bits per heavy atom. The minimum atomic E-state index is -4.29. The molecular formula is C86H131N23O18S3. The van der Waals surface area contributed by atoms with Crippen LogP contribution in [0.5, 0.6) is 0 Å². The van der Waals surface area contributed by atoms with Gasteiger partial charge in [-0.25, -0.2) is 28.2 Å². The number of nitrogens with two attached hydrogens (primary N) is 5. The zero-order chi connectivity index (χ0) is 95.7. The monoisotopic (exact) mass is 1870 g/mol. The molecule has 44 heteroatoms. The van der Waals surface area contributed by atoms with Gasteiger partial charge in [0.15, 0.2) is 0 Å². The fraction of sp³-hybridized carbons (Fsp3) is 0.581. The number of fused-ring (bicyclic) bond motifs is 1. The van der Waals surface area contributed by atoms with Crippen LogP contribution in [0.3, 0.4) is 0 Å². The average Bonchev–Trinajstić information content (AvgIpc) is 1.22. The first-order chi connectivity index (χ1) is 61.7. The van der Waals surface area contributed by atoms with Crippen molar-refractivity contribution in [3.63, 3.8) is 0 Å². The fourth-order valence-electron chi connectivity index (χ4n) is 14.5. The third-order valence-corrected chi connectivity index (χ3v) is 26.4. The van der Waals surface area contributed by atoms with Gasteiger partial charge in [-0.05, 0) is 190 Å². The minimum absolute atomic E-state index is 0.000381. The first kappa shape index (κ1) is 106. The Balaban J connectivity index is 1.07. The standard InChI is InChI=1S/C86H131N23O18S3/c1-49(2)18-13-11-16-21-70(112)95-64(32-41-92-71(113)47-128-129-86(35-17-36-86)48-127-85(124)109(57-24-22-51(5)68(46-57)130(91,125)126)84-94-43-34-69(103-84)107(9)56-25-26-58-52(6)108(10)106-66(58)45-56)80(120)105-73(54(8)111)83(123)101-62(30-39-89)77(117)100-65-33-42-93-82(122)72(53(7)110)104-79(119)63(31-40-90)98-76(116)61(29-38-88)99-81(121)67(44-50(3)4)102-74(114)59(27-23-55-19-14-12-15-20-55)96-75(115)60(28-37-87)97-78(65)118/h12,14-15,19-20,22,24-26,34,43,45-46,49-50,53-54,59-65,67,72-73,110-111H,11,13,16-18,21,23,27-33,35-42,44,47-48,87-90H2,1-10H3,(H,92,113)(H,93,122)(H,95,112)(H,96,115)(H,97,118)(H,98,116)(H,99,121)(H,100,117)(H,101,123)(H,102,114)(H,104,119)(H,105,120)(H2,91,125,126)/t53-,54-,59-,60+,61+,62+,63+,64-,65+,67?,72+,73+/m1/s1. The van der Waals surface area contributed by atoms with Crippen molar-refractivity contribution >= 4 is 143 Å². The van der Waals surface area contributed by atoms with Gasteiger partial charge in [-0.3, -0.25) is 62.2 Å². The summed E-state index contributed by atoms with van der Waals surface area (Å²) in [5, 5.41) is 64.6. The average molecular weight is 1870 g/mol. The van der Waals surface area contributed by atoms with Gasteiger partial charge in [0.25, 0.3) is 0 Å². The predicted molar refractivity (Wildman–Crippen MR) is 493 cm³/mol. The molecule has 1 saturated carbocycles. The predicted octanol–water partition coefficient (Wildman–Crippen LogP) is 0.291. The lowest BCUT2D eigenvalue weighted by molar-refractivity contribution is -0.137. The van der Waals surface area contributed by atoms with E-state index in [0.29, 0.717) is 48.7 Å². The van der Waals surface area contributed by atoms with Crippen molar-refractivity contribution in [3.8, 4) is 0 Å². The molecule has 3 aromatic carbocycles. The summed E-state index contributed by atoms with van der Waals surface area (Å²) in [7, 11) is 1.82. The van der Waals surface area contributed by atoms with Crippen molar-refractivity contribution in [1.82, 2.24) is 83.5 Å². The second-order valence-corrected chi connectivity index (χ2v) is 37.9. The van der Waals surface area contributed by atoms with Crippen LogP contribution in [0, 0.1) is 25.7 Å². The summed E-state index contributed by atoms with van der Waals surface area (Å²) in [6.07, 6.45) is 0.355. The summed E-state index contributed by atoms with van der Waals surface area (Å²) in [5.74, 6) is -10.6. The van der Waals surface area contributed by atoms with Crippen LogP contribution in [-0.4, -0.2) is 251 Å². The Morgan fingerprint density at radius 2 is 1.25 bits per heavy atom. The first-order valence-corrected chi connectivity index (χ1v) is 47.8. The molecule has 716 valence electrons. The maximum Gasteiger partial charge on any atom is 0.421 e. The fourth-order valence-corrected chi connectivity index (χ4v) is 18.3. The molecule has 12 atom stereocenters. The van der Waals surface area contributed by atoms with Crippen molar-refractivity contribution in [1.29, 1.82) is 0 Å². The number of primary sulfonamides is 1. The van der Waals surface area contributed by atoms with Gasteiger partial charge in [0, 0.05) is 56.6 Å². The number of carbonyl (C=O) groups is 13. The summed E-state index contributed by atoms with van der Waals surface area (Å²) in [6.45, 7) is 11.8. The Bertz CT molecular complexity index is 4810. The number of carbonyl (C=O) groups excluding carboxylic acids is 13. The molecular weight excluding hydrogens is 1740 g/mol. The maximum atomic E-state index is 14.9. The highest BCUT2D eigenvalue weighted by Gasteiger charge is 2.43. The van der Waals surface area contributed by atoms with E-state index in [4.69, 9.17) is 37.8 Å². The number of hydrogen-bond acceptors (Lipinski definition) is 28. The number of aromatic nitrogens is 4. The van der Waals surface area contributed by atoms with Crippen LogP contribution in [-0.2, 0) is 85.8 Å². The number of unbranched alkanes of at least 4 members (excludes halogenated alkanes) is 2. The van der Waals surface area contributed by atoms with Gasteiger partial charge in [-0.1, -0.05) is 111 Å². The van der Waals surface area contributed by atoms with Crippen molar-refractivity contribution in [2.75, 3.05) is 68.5 Å². The molecule has 2 fully saturated rings. The van der Waals surface area contributed by atoms with E-state index in [9.17, 15) is 81.0 Å². The quantitative estimate of drug-likeness (QED) is 0.0184. The van der Waals surface area contributed by atoms with E-state index in [-0.39, 0.29) is 125 Å². The molecule has 1 aliphatic carbocycles. The Hall–Kier alpha value is -10.7. The number of benzene rings is 3. The van der Waals surface area contributed by atoms with E-state index in [1.165, 1.54) is 59.8 Å². The number of hydrogen-bond donors (Lipinski definition) is 19. The zero-order valence-electron chi connectivity index (χ0n) is 75.5. The minimum Gasteiger partial charge on any atom is -0.447 e. The number of rotatable bonds is 42. The number of aryl methyl sites for hydroxylation is 4. The number of sulfonamides is 1. The molecule has 0 spiro atoms. The molecule has 2 aromatic heterocycles. The molecule has 1 saturated heterocycles. The normalized spacial score (nSPS) is 19.8. The SMILES string of the molecule is Cc1ccc(N(C(=O)OCC2(SSCC(=O)NCC[C@@H](NC(=O)CCCCCC(C)C)C(=O)N[C@H](C(=O)N[C@@H](CCN)C(=O)N[C@H]3CCNC(=O)[C@H]([C@@H](C)O)NC(=O)[C@H](CCN)NC(=O)[C@H](CCN)NC(=O)C(CC(C)C)NC(=O)[C@@H](CCc4ccccc4)NC(=O)[C@H](CCN)NC3=O)[C@@H](C)O)CCC2)c2nccc(N(C)c3ccc4c(C)n(C)nc4c3)n2)cc1S(N)(=O)=O. The number of anilines is 4. The number of nitrogens with zero attached hydrogens (tertiary/aromatic N) is 6.